The number of thiazole rings is 1. The number of hydrogen-bond acceptors (Lipinski definition) is 7. The molecule has 1 saturated heterocycles. The second-order valence-corrected chi connectivity index (χ2v) is 7.12. The Morgan fingerprint density at radius 3 is 3.17 bits per heavy atom. The normalized spacial score (nSPS) is 18.9. The summed E-state index contributed by atoms with van der Waals surface area (Å²) in [4.78, 5) is 18.8. The summed E-state index contributed by atoms with van der Waals surface area (Å²) in [6.07, 6.45) is 1.50. The number of carbonyl (C=O) groups is 1. The number of furan rings is 1. The van der Waals surface area contributed by atoms with Gasteiger partial charge in [0.2, 0.25) is 0 Å². The van der Waals surface area contributed by atoms with Gasteiger partial charge in [-0.05, 0) is 18.1 Å². The molecule has 1 atom stereocenters. The fourth-order valence-electron chi connectivity index (χ4n) is 2.69. The smallest absolute Gasteiger partial charge is 0.357 e. The van der Waals surface area contributed by atoms with Crippen LogP contribution >= 0.6 is 11.3 Å². The fraction of sp³-hybridized carbons (Fsp3) is 0.529. The summed E-state index contributed by atoms with van der Waals surface area (Å²) in [5.74, 6) is 0.842. The van der Waals surface area contributed by atoms with Crippen molar-refractivity contribution in [1.29, 1.82) is 0 Å². The second kappa shape index (κ2) is 7.92. The quantitative estimate of drug-likeness (QED) is 0.747. The van der Waals surface area contributed by atoms with E-state index in [1.54, 1.807) is 17.7 Å². The third-order valence-electron chi connectivity index (χ3n) is 3.69. The van der Waals surface area contributed by atoms with E-state index in [0.29, 0.717) is 29.0 Å². The maximum Gasteiger partial charge on any atom is 0.357 e. The number of hydrogen-bond donors (Lipinski definition) is 0. The van der Waals surface area contributed by atoms with Gasteiger partial charge in [-0.25, -0.2) is 9.78 Å². The predicted octanol–water partition coefficient (Wildman–Crippen LogP) is 2.92. The molecule has 24 heavy (non-hydrogen) atoms. The van der Waals surface area contributed by atoms with Gasteiger partial charge in [-0.1, -0.05) is 13.8 Å². The maximum absolute atomic E-state index is 12.2. The molecule has 130 valence electrons. The van der Waals surface area contributed by atoms with Gasteiger partial charge in [0.25, 0.3) is 0 Å². The average Bonchev–Trinajstić information content (AvgIpc) is 3.23. The van der Waals surface area contributed by atoms with E-state index in [9.17, 15) is 4.79 Å². The monoisotopic (exact) mass is 350 g/mol. The summed E-state index contributed by atoms with van der Waals surface area (Å²) in [7, 11) is 0. The highest BCUT2D eigenvalue weighted by Crippen LogP contribution is 2.24. The maximum atomic E-state index is 12.2. The fourth-order valence-corrected chi connectivity index (χ4v) is 3.44. The molecule has 6 nitrogen and oxygen atoms in total. The van der Waals surface area contributed by atoms with Gasteiger partial charge in [0.15, 0.2) is 16.5 Å². The summed E-state index contributed by atoms with van der Waals surface area (Å²) < 4.78 is 16.3. The van der Waals surface area contributed by atoms with E-state index in [-0.39, 0.29) is 12.7 Å². The molecule has 0 spiro atoms. The van der Waals surface area contributed by atoms with E-state index in [4.69, 9.17) is 13.9 Å². The summed E-state index contributed by atoms with van der Waals surface area (Å²) in [6.45, 7) is 8.08. The van der Waals surface area contributed by atoms with Gasteiger partial charge < -0.3 is 13.9 Å². The van der Waals surface area contributed by atoms with Crippen molar-refractivity contribution in [1.82, 2.24) is 9.88 Å². The van der Waals surface area contributed by atoms with Gasteiger partial charge in [0.1, 0.15) is 12.7 Å². The lowest BCUT2D eigenvalue weighted by Crippen LogP contribution is -2.45. The molecule has 1 unspecified atom stereocenters. The highest BCUT2D eigenvalue weighted by molar-refractivity contribution is 7.13. The van der Waals surface area contributed by atoms with Crippen molar-refractivity contribution in [2.75, 3.05) is 32.8 Å². The van der Waals surface area contributed by atoms with E-state index < -0.39 is 5.97 Å². The molecule has 3 heterocycles. The van der Waals surface area contributed by atoms with Crippen molar-refractivity contribution >= 4 is 17.3 Å². The largest absolute Gasteiger partial charge is 0.462 e. The molecule has 0 amide bonds. The molecule has 7 heteroatoms. The molecule has 0 aromatic carbocycles. The van der Waals surface area contributed by atoms with Crippen LogP contribution in [0.15, 0.2) is 28.2 Å². The summed E-state index contributed by atoms with van der Waals surface area (Å²) in [6, 6.07) is 3.60. The van der Waals surface area contributed by atoms with E-state index in [2.05, 4.69) is 23.7 Å². The molecule has 2 aromatic heterocycles. The van der Waals surface area contributed by atoms with Gasteiger partial charge in [0.05, 0.1) is 12.9 Å². The minimum atomic E-state index is -0.423. The Hall–Kier alpha value is -1.70. The van der Waals surface area contributed by atoms with Crippen LogP contribution in [-0.2, 0) is 9.47 Å². The van der Waals surface area contributed by atoms with Gasteiger partial charge >= 0.3 is 5.97 Å². The molecule has 1 fully saturated rings. The van der Waals surface area contributed by atoms with Crippen LogP contribution < -0.4 is 0 Å². The molecule has 0 radical (unpaired) electrons. The first-order chi connectivity index (χ1) is 11.6. The molecule has 1 aliphatic rings. The Bertz CT molecular complexity index is 653. The molecule has 0 aliphatic carbocycles. The summed E-state index contributed by atoms with van der Waals surface area (Å²) in [5, 5.41) is 2.36. The first-order valence-electron chi connectivity index (χ1n) is 8.12. The Morgan fingerprint density at radius 1 is 1.54 bits per heavy atom. The number of aromatic nitrogens is 1. The third kappa shape index (κ3) is 4.43. The van der Waals surface area contributed by atoms with E-state index in [1.807, 2.05) is 6.07 Å². The summed E-state index contributed by atoms with van der Waals surface area (Å²) in [5.41, 5.74) is 0.307. The number of rotatable bonds is 6. The lowest BCUT2D eigenvalue weighted by atomic mass is 10.2. The van der Waals surface area contributed by atoms with Crippen LogP contribution in [-0.4, -0.2) is 54.8 Å². The van der Waals surface area contributed by atoms with Crippen molar-refractivity contribution < 1.29 is 18.7 Å². The molecule has 1 aliphatic heterocycles. The first kappa shape index (κ1) is 17.1. The molecule has 0 bridgehead atoms. The number of morpholine rings is 1. The molecule has 2 aromatic rings. The van der Waals surface area contributed by atoms with Crippen molar-refractivity contribution in [3.05, 3.63) is 29.5 Å². The van der Waals surface area contributed by atoms with Crippen LogP contribution in [0.5, 0.6) is 0 Å². The van der Waals surface area contributed by atoms with Gasteiger partial charge in [-0.15, -0.1) is 11.3 Å². The zero-order valence-corrected chi connectivity index (χ0v) is 14.8. The summed E-state index contributed by atoms with van der Waals surface area (Å²) >= 11 is 1.36. The van der Waals surface area contributed by atoms with E-state index >= 15 is 0 Å². The van der Waals surface area contributed by atoms with Crippen molar-refractivity contribution in [3.8, 4) is 10.8 Å². The Kier molecular flexibility index (Phi) is 5.65. The zero-order chi connectivity index (χ0) is 16.9. The number of carbonyl (C=O) groups excluding carboxylic acids is 1. The molecule has 3 rings (SSSR count). The highest BCUT2D eigenvalue weighted by atomic mass is 32.1. The van der Waals surface area contributed by atoms with E-state index in [1.165, 1.54) is 11.3 Å². The lowest BCUT2D eigenvalue weighted by molar-refractivity contribution is -0.0613. The first-order valence-corrected chi connectivity index (χ1v) is 9.00. The Balaban J connectivity index is 1.50. The van der Waals surface area contributed by atoms with Crippen LogP contribution in [0.1, 0.15) is 24.3 Å². The number of nitrogens with zero attached hydrogens (tertiary/aromatic N) is 2. The molecular formula is C17H22N2O4S. The number of ether oxygens (including phenoxy) is 2. The topological polar surface area (TPSA) is 64.8 Å². The van der Waals surface area contributed by atoms with Crippen molar-refractivity contribution in [3.63, 3.8) is 0 Å². The van der Waals surface area contributed by atoms with Gasteiger partial charge in [-0.3, -0.25) is 4.90 Å². The van der Waals surface area contributed by atoms with Crippen LogP contribution in [0, 0.1) is 5.92 Å². The Morgan fingerprint density at radius 2 is 2.42 bits per heavy atom. The number of esters is 1. The average molecular weight is 350 g/mol. The molecule has 0 N–H and O–H groups in total. The SMILES string of the molecule is CC(C)CN1CCOC(COC(=O)c2csc(-c3ccco3)n2)C1. The van der Waals surface area contributed by atoms with Crippen LogP contribution in [0.2, 0.25) is 0 Å². The van der Waals surface area contributed by atoms with Crippen LogP contribution in [0.3, 0.4) is 0 Å². The third-order valence-corrected chi connectivity index (χ3v) is 4.55. The standard InChI is InChI=1S/C17H22N2O4S/c1-12(2)8-19-5-7-21-13(9-19)10-23-17(20)14-11-24-16(18-14)15-4-3-6-22-15/h3-4,6,11-13H,5,7-10H2,1-2H3. The van der Waals surface area contributed by atoms with E-state index in [0.717, 1.165) is 19.6 Å². The highest BCUT2D eigenvalue weighted by Gasteiger charge is 2.23. The van der Waals surface area contributed by atoms with Gasteiger partial charge in [0, 0.05) is 25.0 Å². The lowest BCUT2D eigenvalue weighted by Gasteiger charge is -2.33. The zero-order valence-electron chi connectivity index (χ0n) is 13.9. The van der Waals surface area contributed by atoms with Gasteiger partial charge in [-0.2, -0.15) is 0 Å². The predicted molar refractivity (Wildman–Crippen MR) is 91.1 cm³/mol. The second-order valence-electron chi connectivity index (χ2n) is 6.26. The minimum absolute atomic E-state index is 0.0790. The van der Waals surface area contributed by atoms with Crippen molar-refractivity contribution in [2.45, 2.75) is 20.0 Å². The minimum Gasteiger partial charge on any atom is -0.462 e. The van der Waals surface area contributed by atoms with Crippen LogP contribution in [0.25, 0.3) is 10.8 Å². The Labute approximate surface area is 145 Å². The van der Waals surface area contributed by atoms with Crippen LogP contribution in [0.4, 0.5) is 0 Å². The molecule has 0 saturated carbocycles. The van der Waals surface area contributed by atoms with Crippen molar-refractivity contribution in [2.24, 2.45) is 5.92 Å². The molecular weight excluding hydrogens is 328 g/mol.